The number of aromatic nitrogens is 4. The van der Waals surface area contributed by atoms with Crippen LogP contribution < -0.4 is 15.4 Å². The van der Waals surface area contributed by atoms with Crippen molar-refractivity contribution in [3.8, 4) is 11.7 Å². The van der Waals surface area contributed by atoms with Gasteiger partial charge < -0.3 is 19.9 Å². The van der Waals surface area contributed by atoms with Gasteiger partial charge in [-0.05, 0) is 25.1 Å². The number of hydrogen-bond donors (Lipinski definition) is 2. The highest BCUT2D eigenvalue weighted by molar-refractivity contribution is 5.94. The molecule has 1 amide bonds. The largest absolute Gasteiger partial charge is 0.481 e. The zero-order valence-corrected chi connectivity index (χ0v) is 14.6. The Kier molecular flexibility index (Phi) is 5.43. The molecule has 0 unspecified atom stereocenters. The van der Waals surface area contributed by atoms with E-state index in [9.17, 15) is 4.79 Å². The van der Waals surface area contributed by atoms with E-state index < -0.39 is 0 Å². The van der Waals surface area contributed by atoms with Crippen LogP contribution in [0, 0.1) is 6.92 Å². The first-order valence-electron chi connectivity index (χ1n) is 8.17. The van der Waals surface area contributed by atoms with E-state index in [4.69, 9.17) is 4.74 Å². The van der Waals surface area contributed by atoms with Crippen molar-refractivity contribution in [3.63, 3.8) is 0 Å². The molecular weight excluding hydrogens is 332 g/mol. The van der Waals surface area contributed by atoms with E-state index in [1.54, 1.807) is 18.3 Å². The zero-order chi connectivity index (χ0) is 18.4. The Hall–Kier alpha value is -3.42. The van der Waals surface area contributed by atoms with Crippen LogP contribution in [0.15, 0.2) is 48.9 Å². The minimum Gasteiger partial charge on any atom is -0.481 e. The quantitative estimate of drug-likeness (QED) is 0.630. The lowest BCUT2D eigenvalue weighted by molar-refractivity contribution is 0.0954. The van der Waals surface area contributed by atoms with Crippen LogP contribution in [-0.4, -0.2) is 45.6 Å². The molecule has 2 N–H and O–H groups in total. The molecule has 0 aliphatic heterocycles. The number of nitrogens with zero attached hydrogens (tertiary/aromatic N) is 4. The van der Waals surface area contributed by atoms with Crippen molar-refractivity contribution in [2.75, 3.05) is 25.5 Å². The van der Waals surface area contributed by atoms with Crippen LogP contribution in [0.3, 0.4) is 0 Å². The summed E-state index contributed by atoms with van der Waals surface area (Å²) in [6, 6.07) is 8.98. The molecule has 0 spiro atoms. The minimum absolute atomic E-state index is 0.181. The van der Waals surface area contributed by atoms with Crippen LogP contribution in [0.25, 0.3) is 5.82 Å². The number of carbonyl (C=O) groups excluding carboxylic acids is 1. The van der Waals surface area contributed by atoms with E-state index in [1.807, 2.05) is 42.1 Å². The monoisotopic (exact) mass is 352 g/mol. The molecule has 3 aromatic rings. The van der Waals surface area contributed by atoms with Gasteiger partial charge >= 0.3 is 0 Å². The normalized spacial score (nSPS) is 10.4. The predicted octanol–water partition coefficient (Wildman–Crippen LogP) is 1.82. The first-order valence-corrected chi connectivity index (χ1v) is 8.17. The summed E-state index contributed by atoms with van der Waals surface area (Å²) in [4.78, 5) is 24.9. The zero-order valence-electron chi connectivity index (χ0n) is 14.6. The van der Waals surface area contributed by atoms with Gasteiger partial charge in [0.2, 0.25) is 5.88 Å². The molecule has 0 aromatic carbocycles. The lowest BCUT2D eigenvalue weighted by atomic mass is 10.2. The molecular formula is C18H20N6O2. The third-order valence-corrected chi connectivity index (χ3v) is 3.62. The van der Waals surface area contributed by atoms with Crippen LogP contribution in [-0.2, 0) is 0 Å². The standard InChI is InChI=1S/C18H20N6O2/c1-13-22-15(12-16(23-13)24-9-3-4-10-24)19-7-8-21-18(25)14-5-6-20-17(11-14)26-2/h3-6,9-12H,7-8H2,1-2H3,(H,21,25)(H,19,22,23). The predicted molar refractivity (Wildman–Crippen MR) is 97.7 cm³/mol. The summed E-state index contributed by atoms with van der Waals surface area (Å²) in [6.45, 7) is 2.83. The van der Waals surface area contributed by atoms with Crippen molar-refractivity contribution in [1.82, 2.24) is 24.8 Å². The van der Waals surface area contributed by atoms with Gasteiger partial charge in [-0.25, -0.2) is 15.0 Å². The average Bonchev–Trinajstić information content (AvgIpc) is 3.19. The van der Waals surface area contributed by atoms with Crippen molar-refractivity contribution >= 4 is 11.7 Å². The fourth-order valence-electron chi connectivity index (χ4n) is 2.39. The molecule has 3 rings (SSSR count). The summed E-state index contributed by atoms with van der Waals surface area (Å²) in [7, 11) is 1.51. The number of pyridine rings is 1. The number of aryl methyl sites for hydroxylation is 1. The Bertz CT molecular complexity index is 879. The van der Waals surface area contributed by atoms with Gasteiger partial charge in [0, 0.05) is 49.4 Å². The van der Waals surface area contributed by atoms with Crippen LogP contribution in [0.4, 0.5) is 5.82 Å². The smallest absolute Gasteiger partial charge is 0.251 e. The lowest BCUT2D eigenvalue weighted by Gasteiger charge is -2.10. The molecule has 0 aliphatic rings. The summed E-state index contributed by atoms with van der Waals surface area (Å²) in [5.74, 6) is 2.40. The van der Waals surface area contributed by atoms with Gasteiger partial charge in [0.25, 0.3) is 5.91 Å². The summed E-state index contributed by atoms with van der Waals surface area (Å²) in [6.07, 6.45) is 5.39. The third-order valence-electron chi connectivity index (χ3n) is 3.62. The molecule has 3 heterocycles. The average molecular weight is 352 g/mol. The Morgan fingerprint density at radius 1 is 1.19 bits per heavy atom. The van der Waals surface area contributed by atoms with Gasteiger partial charge in [0.1, 0.15) is 17.5 Å². The van der Waals surface area contributed by atoms with E-state index >= 15 is 0 Å². The van der Waals surface area contributed by atoms with Crippen LogP contribution in [0.2, 0.25) is 0 Å². The molecule has 26 heavy (non-hydrogen) atoms. The Morgan fingerprint density at radius 2 is 2.00 bits per heavy atom. The van der Waals surface area contributed by atoms with Crippen LogP contribution in [0.1, 0.15) is 16.2 Å². The maximum absolute atomic E-state index is 12.1. The highest BCUT2D eigenvalue weighted by Gasteiger charge is 2.07. The number of rotatable bonds is 7. The number of carbonyl (C=O) groups is 1. The summed E-state index contributed by atoms with van der Waals surface area (Å²) in [5.41, 5.74) is 0.504. The fraction of sp³-hybridized carbons (Fsp3) is 0.222. The van der Waals surface area contributed by atoms with E-state index in [0.29, 0.717) is 36.2 Å². The number of amides is 1. The molecule has 0 radical (unpaired) electrons. The molecule has 0 saturated carbocycles. The molecule has 0 saturated heterocycles. The Balaban J connectivity index is 1.54. The van der Waals surface area contributed by atoms with Gasteiger partial charge in [0.15, 0.2) is 0 Å². The van der Waals surface area contributed by atoms with Crippen molar-refractivity contribution < 1.29 is 9.53 Å². The number of methoxy groups -OCH3 is 1. The Labute approximate surface area is 151 Å². The molecule has 0 bridgehead atoms. The number of hydrogen-bond acceptors (Lipinski definition) is 6. The second-order valence-electron chi connectivity index (χ2n) is 5.52. The molecule has 134 valence electrons. The summed E-state index contributed by atoms with van der Waals surface area (Å²) >= 11 is 0. The van der Waals surface area contributed by atoms with E-state index in [1.165, 1.54) is 7.11 Å². The van der Waals surface area contributed by atoms with Crippen molar-refractivity contribution in [1.29, 1.82) is 0 Å². The second-order valence-corrected chi connectivity index (χ2v) is 5.52. The van der Waals surface area contributed by atoms with E-state index in [0.717, 1.165) is 5.82 Å². The van der Waals surface area contributed by atoms with E-state index in [-0.39, 0.29) is 5.91 Å². The number of ether oxygens (including phenoxy) is 1. The summed E-state index contributed by atoms with van der Waals surface area (Å²) in [5, 5.41) is 6.04. The van der Waals surface area contributed by atoms with Crippen LogP contribution in [0.5, 0.6) is 5.88 Å². The third kappa shape index (κ3) is 4.35. The molecule has 3 aromatic heterocycles. The van der Waals surface area contributed by atoms with Crippen molar-refractivity contribution in [2.45, 2.75) is 6.92 Å². The van der Waals surface area contributed by atoms with Crippen molar-refractivity contribution in [3.05, 3.63) is 60.3 Å². The maximum atomic E-state index is 12.1. The topological polar surface area (TPSA) is 94.0 Å². The first kappa shape index (κ1) is 17.4. The van der Waals surface area contributed by atoms with Gasteiger partial charge in [-0.1, -0.05) is 0 Å². The molecule has 0 fully saturated rings. The van der Waals surface area contributed by atoms with Crippen molar-refractivity contribution in [2.24, 2.45) is 0 Å². The highest BCUT2D eigenvalue weighted by atomic mass is 16.5. The van der Waals surface area contributed by atoms with Gasteiger partial charge in [-0.2, -0.15) is 0 Å². The first-order chi connectivity index (χ1) is 12.7. The van der Waals surface area contributed by atoms with Gasteiger partial charge in [0.05, 0.1) is 7.11 Å². The lowest BCUT2D eigenvalue weighted by Crippen LogP contribution is -2.29. The van der Waals surface area contributed by atoms with Gasteiger partial charge in [-0.3, -0.25) is 4.79 Å². The molecule has 8 heteroatoms. The molecule has 0 aliphatic carbocycles. The van der Waals surface area contributed by atoms with Gasteiger partial charge in [-0.15, -0.1) is 0 Å². The number of nitrogens with one attached hydrogen (secondary N) is 2. The van der Waals surface area contributed by atoms with E-state index in [2.05, 4.69) is 25.6 Å². The minimum atomic E-state index is -0.181. The second kappa shape index (κ2) is 8.11. The number of anilines is 1. The molecule has 0 atom stereocenters. The maximum Gasteiger partial charge on any atom is 0.251 e. The summed E-state index contributed by atoms with van der Waals surface area (Å²) < 4.78 is 6.94. The molecule has 8 nitrogen and oxygen atoms in total. The van der Waals surface area contributed by atoms with Crippen LogP contribution >= 0.6 is 0 Å². The Morgan fingerprint density at radius 3 is 2.77 bits per heavy atom. The highest BCUT2D eigenvalue weighted by Crippen LogP contribution is 2.11. The SMILES string of the molecule is COc1cc(C(=O)NCCNc2cc(-n3cccc3)nc(C)n2)ccn1. The fourth-order valence-corrected chi connectivity index (χ4v) is 2.39.